The van der Waals surface area contributed by atoms with E-state index in [9.17, 15) is 8.42 Å². The molecule has 1 saturated heterocycles. The van der Waals surface area contributed by atoms with Gasteiger partial charge < -0.3 is 15.1 Å². The molecule has 1 atom stereocenters. The van der Waals surface area contributed by atoms with Gasteiger partial charge in [0.2, 0.25) is 0 Å². The number of furan rings is 1. The van der Waals surface area contributed by atoms with Gasteiger partial charge in [-0.3, -0.25) is 9.89 Å². The molecule has 2 rings (SSSR count). The molecule has 0 bridgehead atoms. The fraction of sp³-hybridized carbons (Fsp3) is 0.706. The van der Waals surface area contributed by atoms with Crippen LogP contribution in [0, 0.1) is 0 Å². The topological polar surface area (TPSA) is 86.9 Å². The van der Waals surface area contributed by atoms with Crippen LogP contribution < -0.4 is 10.6 Å². The Morgan fingerprint density at radius 1 is 1.31 bits per heavy atom. The van der Waals surface area contributed by atoms with Crippen molar-refractivity contribution in [1.82, 2.24) is 15.5 Å². The highest BCUT2D eigenvalue weighted by Crippen LogP contribution is 2.25. The number of halogens is 1. The molecule has 150 valence electrons. The zero-order valence-electron chi connectivity index (χ0n) is 15.6. The summed E-state index contributed by atoms with van der Waals surface area (Å²) in [5, 5.41) is 6.26. The van der Waals surface area contributed by atoms with Gasteiger partial charge in [0.05, 0.1) is 24.6 Å². The van der Waals surface area contributed by atoms with Crippen molar-refractivity contribution in [2.45, 2.75) is 32.2 Å². The van der Waals surface area contributed by atoms with Crippen LogP contribution in [-0.4, -0.2) is 64.0 Å². The van der Waals surface area contributed by atoms with Crippen molar-refractivity contribution in [3.05, 3.63) is 24.2 Å². The molecule has 7 nitrogen and oxygen atoms in total. The van der Waals surface area contributed by atoms with Gasteiger partial charge in [-0.05, 0) is 45.0 Å². The summed E-state index contributed by atoms with van der Waals surface area (Å²) in [7, 11) is -2.99. The monoisotopic (exact) mass is 498 g/mol. The maximum atomic E-state index is 11.3. The molecule has 0 radical (unpaired) electrons. The number of piperidine rings is 1. The van der Waals surface area contributed by atoms with Crippen molar-refractivity contribution in [1.29, 1.82) is 0 Å². The Hall–Kier alpha value is -0.810. The number of nitrogens with one attached hydrogen (secondary N) is 2. The molecule has 1 aliphatic heterocycles. The van der Waals surface area contributed by atoms with Crippen LogP contribution in [0.1, 0.15) is 38.0 Å². The molecule has 1 aromatic heterocycles. The number of aliphatic imine (C=N–C) groups is 1. The summed E-state index contributed by atoms with van der Waals surface area (Å²) in [5.41, 5.74) is 0. The Labute approximate surface area is 173 Å². The van der Waals surface area contributed by atoms with Crippen molar-refractivity contribution < 1.29 is 12.8 Å². The van der Waals surface area contributed by atoms with Gasteiger partial charge in [0.25, 0.3) is 0 Å². The third-order valence-corrected chi connectivity index (χ3v) is 5.18. The van der Waals surface area contributed by atoms with E-state index in [0.29, 0.717) is 19.0 Å². The highest BCUT2D eigenvalue weighted by molar-refractivity contribution is 14.0. The third-order valence-electron chi connectivity index (χ3n) is 4.23. The van der Waals surface area contributed by atoms with Crippen LogP contribution in [-0.2, 0) is 9.84 Å². The van der Waals surface area contributed by atoms with Crippen LogP contribution in [0.3, 0.4) is 0 Å². The number of nitrogens with zero attached hydrogens (tertiary/aromatic N) is 2. The number of likely N-dealkylation sites (tertiary alicyclic amines) is 1. The van der Waals surface area contributed by atoms with E-state index in [1.165, 1.54) is 25.5 Å². The van der Waals surface area contributed by atoms with Gasteiger partial charge in [-0.2, -0.15) is 0 Å². The summed E-state index contributed by atoms with van der Waals surface area (Å²) in [4.78, 5) is 7.08. The largest absolute Gasteiger partial charge is 0.468 e. The summed E-state index contributed by atoms with van der Waals surface area (Å²) in [6, 6.07) is 4.02. The average molecular weight is 498 g/mol. The first-order valence-electron chi connectivity index (χ1n) is 8.97. The first-order chi connectivity index (χ1) is 12.0. The van der Waals surface area contributed by atoms with E-state index in [1.807, 2.05) is 19.1 Å². The summed E-state index contributed by atoms with van der Waals surface area (Å²) >= 11 is 0. The maximum absolute atomic E-state index is 11.3. The lowest BCUT2D eigenvalue weighted by Gasteiger charge is -2.32. The highest BCUT2D eigenvalue weighted by atomic mass is 127. The SMILES string of the molecule is CCNC(=NCC(c1ccco1)N1CCCCC1)NCCS(C)(=O)=O.I. The fourth-order valence-electron chi connectivity index (χ4n) is 2.97. The Kier molecular flexibility index (Phi) is 10.6. The van der Waals surface area contributed by atoms with Gasteiger partial charge in [0.15, 0.2) is 5.96 Å². The summed E-state index contributed by atoms with van der Waals surface area (Å²) < 4.78 is 28.2. The predicted octanol–water partition coefficient (Wildman–Crippen LogP) is 2.02. The van der Waals surface area contributed by atoms with Crippen molar-refractivity contribution >= 4 is 39.8 Å². The van der Waals surface area contributed by atoms with Crippen LogP contribution in [0.2, 0.25) is 0 Å². The van der Waals surface area contributed by atoms with Crippen LogP contribution in [0.4, 0.5) is 0 Å². The smallest absolute Gasteiger partial charge is 0.191 e. The summed E-state index contributed by atoms with van der Waals surface area (Å²) in [6.07, 6.45) is 6.62. The lowest BCUT2D eigenvalue weighted by molar-refractivity contribution is 0.150. The zero-order valence-corrected chi connectivity index (χ0v) is 18.8. The normalized spacial score (nSPS) is 17.4. The van der Waals surface area contributed by atoms with Crippen LogP contribution >= 0.6 is 24.0 Å². The molecule has 0 aliphatic carbocycles. The summed E-state index contributed by atoms with van der Waals surface area (Å²) in [6.45, 7) is 5.74. The number of hydrogen-bond acceptors (Lipinski definition) is 5. The van der Waals surface area contributed by atoms with Gasteiger partial charge in [-0.1, -0.05) is 6.42 Å². The van der Waals surface area contributed by atoms with E-state index in [1.54, 1.807) is 6.26 Å². The van der Waals surface area contributed by atoms with Crippen molar-refractivity contribution in [2.24, 2.45) is 4.99 Å². The van der Waals surface area contributed by atoms with E-state index in [-0.39, 0.29) is 35.8 Å². The molecule has 1 fully saturated rings. The molecule has 0 saturated carbocycles. The first kappa shape index (κ1) is 23.2. The van der Waals surface area contributed by atoms with E-state index in [0.717, 1.165) is 25.4 Å². The minimum absolute atomic E-state index is 0. The summed E-state index contributed by atoms with van der Waals surface area (Å²) in [5.74, 6) is 1.66. The molecule has 2 heterocycles. The van der Waals surface area contributed by atoms with Gasteiger partial charge in [-0.15, -0.1) is 24.0 Å². The molecule has 0 aromatic carbocycles. The van der Waals surface area contributed by atoms with Gasteiger partial charge >= 0.3 is 0 Å². The average Bonchev–Trinajstić information content (AvgIpc) is 3.09. The lowest BCUT2D eigenvalue weighted by atomic mass is 10.1. The number of sulfone groups is 1. The minimum Gasteiger partial charge on any atom is -0.468 e. The quantitative estimate of drug-likeness (QED) is 0.324. The predicted molar refractivity (Wildman–Crippen MR) is 116 cm³/mol. The van der Waals surface area contributed by atoms with Crippen molar-refractivity contribution in [2.75, 3.05) is 44.7 Å². The second kappa shape index (κ2) is 11.8. The standard InChI is InChI=1S/C17H30N4O3S.HI/c1-3-18-17(19-9-13-25(2,22)23)20-14-15(16-8-7-12-24-16)21-10-5-4-6-11-21;/h7-8,12,15H,3-6,9-11,13-14H2,1-2H3,(H2,18,19,20);1H. The van der Waals surface area contributed by atoms with Crippen LogP contribution in [0.5, 0.6) is 0 Å². The highest BCUT2D eigenvalue weighted by Gasteiger charge is 2.24. The molecule has 1 aromatic rings. The molecule has 0 amide bonds. The van der Waals surface area contributed by atoms with Gasteiger partial charge in [0, 0.05) is 19.3 Å². The molecule has 9 heteroatoms. The molecule has 0 spiro atoms. The minimum atomic E-state index is -2.99. The Balaban J connectivity index is 0.00000338. The molecule has 1 aliphatic rings. The molecule has 26 heavy (non-hydrogen) atoms. The Morgan fingerprint density at radius 2 is 2.04 bits per heavy atom. The lowest BCUT2D eigenvalue weighted by Crippen LogP contribution is -2.41. The van der Waals surface area contributed by atoms with Crippen LogP contribution in [0.15, 0.2) is 27.8 Å². The van der Waals surface area contributed by atoms with E-state index < -0.39 is 9.84 Å². The van der Waals surface area contributed by atoms with Crippen LogP contribution in [0.25, 0.3) is 0 Å². The molecule has 2 N–H and O–H groups in total. The third kappa shape index (κ3) is 8.26. The maximum Gasteiger partial charge on any atom is 0.191 e. The Bertz CT molecular complexity index is 628. The molecular formula is C17H31IN4O3S. The number of guanidine groups is 1. The van der Waals surface area contributed by atoms with Gasteiger partial charge in [0.1, 0.15) is 15.6 Å². The number of hydrogen-bond donors (Lipinski definition) is 2. The molecule has 1 unspecified atom stereocenters. The second-order valence-corrected chi connectivity index (χ2v) is 8.66. The van der Waals surface area contributed by atoms with E-state index in [2.05, 4.69) is 20.5 Å². The Morgan fingerprint density at radius 3 is 2.62 bits per heavy atom. The fourth-order valence-corrected chi connectivity index (χ4v) is 3.44. The first-order valence-corrected chi connectivity index (χ1v) is 11.0. The van der Waals surface area contributed by atoms with Gasteiger partial charge in [-0.25, -0.2) is 8.42 Å². The molecular weight excluding hydrogens is 467 g/mol. The van der Waals surface area contributed by atoms with E-state index in [4.69, 9.17) is 4.42 Å². The van der Waals surface area contributed by atoms with Crippen molar-refractivity contribution in [3.8, 4) is 0 Å². The zero-order chi connectivity index (χ0) is 18.1. The van der Waals surface area contributed by atoms with E-state index >= 15 is 0 Å². The van der Waals surface area contributed by atoms with Crippen molar-refractivity contribution in [3.63, 3.8) is 0 Å². The second-order valence-electron chi connectivity index (χ2n) is 6.40. The number of rotatable bonds is 8.